The highest BCUT2D eigenvalue weighted by atomic mass is 32.2. The van der Waals surface area contributed by atoms with E-state index in [1.807, 2.05) is 7.05 Å². The normalized spacial score (nSPS) is 10.6. The summed E-state index contributed by atoms with van der Waals surface area (Å²) in [6, 6.07) is 0. The number of carbonyl (C=O) groups is 1. The van der Waals surface area contributed by atoms with Crippen molar-refractivity contribution in [3.63, 3.8) is 0 Å². The van der Waals surface area contributed by atoms with Crippen LogP contribution in [0.1, 0.15) is 0 Å². The Balaban J connectivity index is 2.97. The van der Waals surface area contributed by atoms with Crippen molar-refractivity contribution in [2.45, 2.75) is 0 Å². The molecule has 0 saturated carbocycles. The third-order valence-electron chi connectivity index (χ3n) is 1.94. The molecule has 0 aromatic carbocycles. The number of hydrogen-bond donors (Lipinski definition) is 2. The summed E-state index contributed by atoms with van der Waals surface area (Å²) in [7, 11) is 1.89. The second-order valence-corrected chi connectivity index (χ2v) is 4.14. The lowest BCUT2D eigenvalue weighted by Gasteiger charge is -2.07. The third kappa shape index (κ3) is 13.7. The van der Waals surface area contributed by atoms with Crippen LogP contribution in [-0.2, 0) is 14.2 Å². The first-order valence-corrected chi connectivity index (χ1v) is 7.23. The zero-order valence-corrected chi connectivity index (χ0v) is 12.0. The Morgan fingerprint density at radius 2 is 1.44 bits per heavy atom. The maximum atomic E-state index is 10.8. The van der Waals surface area contributed by atoms with Crippen molar-refractivity contribution in [3.8, 4) is 0 Å². The standard InChI is InChI=1S/C11H24N2O4S/c1-12-3-5-15-7-9-17-10-8-16-6-4-13-11(14)18-2/h12H,3-10H2,1-2H3,(H,13,14). The molecule has 0 aliphatic rings. The molecule has 0 rings (SSSR count). The number of amides is 1. The first kappa shape index (κ1) is 17.7. The summed E-state index contributed by atoms with van der Waals surface area (Å²) in [5.41, 5.74) is 0. The van der Waals surface area contributed by atoms with Crippen LogP contribution in [0.4, 0.5) is 4.79 Å². The van der Waals surface area contributed by atoms with Gasteiger partial charge < -0.3 is 24.8 Å². The predicted molar refractivity (Wildman–Crippen MR) is 73.3 cm³/mol. The summed E-state index contributed by atoms with van der Waals surface area (Å²) in [5, 5.41) is 5.65. The Kier molecular flexibility index (Phi) is 14.4. The zero-order chi connectivity index (χ0) is 13.5. The Labute approximate surface area is 113 Å². The highest BCUT2D eigenvalue weighted by Gasteiger charge is 1.95. The average molecular weight is 280 g/mol. The van der Waals surface area contributed by atoms with Gasteiger partial charge in [0, 0.05) is 13.1 Å². The second-order valence-electron chi connectivity index (χ2n) is 3.36. The van der Waals surface area contributed by atoms with Crippen molar-refractivity contribution in [3.05, 3.63) is 0 Å². The van der Waals surface area contributed by atoms with Crippen LogP contribution < -0.4 is 10.6 Å². The van der Waals surface area contributed by atoms with E-state index >= 15 is 0 Å². The van der Waals surface area contributed by atoms with Gasteiger partial charge in [0.2, 0.25) is 0 Å². The van der Waals surface area contributed by atoms with Gasteiger partial charge in [-0.15, -0.1) is 0 Å². The molecule has 2 N–H and O–H groups in total. The highest BCUT2D eigenvalue weighted by Crippen LogP contribution is 1.91. The van der Waals surface area contributed by atoms with Gasteiger partial charge in [0.15, 0.2) is 0 Å². The summed E-state index contributed by atoms with van der Waals surface area (Å²) < 4.78 is 15.9. The lowest BCUT2D eigenvalue weighted by Crippen LogP contribution is -2.24. The smallest absolute Gasteiger partial charge is 0.278 e. The van der Waals surface area contributed by atoms with E-state index in [2.05, 4.69) is 10.6 Å². The van der Waals surface area contributed by atoms with Gasteiger partial charge in [-0.25, -0.2) is 0 Å². The molecule has 0 fully saturated rings. The molecule has 7 heteroatoms. The van der Waals surface area contributed by atoms with Crippen LogP contribution in [0, 0.1) is 0 Å². The van der Waals surface area contributed by atoms with Crippen molar-refractivity contribution in [2.24, 2.45) is 0 Å². The van der Waals surface area contributed by atoms with Gasteiger partial charge in [0.25, 0.3) is 5.24 Å². The quantitative estimate of drug-likeness (QED) is 0.502. The third-order valence-corrected chi connectivity index (χ3v) is 2.46. The number of thioether (sulfide) groups is 1. The molecular formula is C11H24N2O4S. The molecule has 0 heterocycles. The van der Waals surface area contributed by atoms with E-state index in [1.165, 1.54) is 0 Å². The second kappa shape index (κ2) is 14.7. The molecule has 0 bridgehead atoms. The number of nitrogens with one attached hydrogen (secondary N) is 2. The van der Waals surface area contributed by atoms with Gasteiger partial charge in [-0.1, -0.05) is 11.8 Å². The molecule has 0 spiro atoms. The lowest BCUT2D eigenvalue weighted by atomic mass is 10.6. The fourth-order valence-corrected chi connectivity index (χ4v) is 1.26. The first-order chi connectivity index (χ1) is 8.81. The van der Waals surface area contributed by atoms with Crippen molar-refractivity contribution in [1.82, 2.24) is 10.6 Å². The monoisotopic (exact) mass is 280 g/mol. The molecule has 0 unspecified atom stereocenters. The van der Waals surface area contributed by atoms with Crippen LogP contribution in [0.3, 0.4) is 0 Å². The fourth-order valence-electron chi connectivity index (χ4n) is 1.01. The van der Waals surface area contributed by atoms with E-state index in [-0.39, 0.29) is 5.24 Å². The molecule has 108 valence electrons. The molecule has 18 heavy (non-hydrogen) atoms. The van der Waals surface area contributed by atoms with Crippen LogP contribution >= 0.6 is 11.8 Å². The summed E-state index contributed by atoms with van der Waals surface area (Å²) in [6.07, 6.45) is 1.74. The van der Waals surface area contributed by atoms with Gasteiger partial charge in [-0.2, -0.15) is 0 Å². The maximum Gasteiger partial charge on any atom is 0.278 e. The molecule has 0 aliphatic heterocycles. The van der Waals surface area contributed by atoms with Crippen molar-refractivity contribution in [1.29, 1.82) is 0 Å². The fraction of sp³-hybridized carbons (Fsp3) is 0.909. The number of rotatable bonds is 12. The minimum Gasteiger partial charge on any atom is -0.378 e. The van der Waals surface area contributed by atoms with Crippen molar-refractivity contribution >= 4 is 17.0 Å². The number of hydrogen-bond acceptors (Lipinski definition) is 6. The van der Waals surface area contributed by atoms with Crippen molar-refractivity contribution in [2.75, 3.05) is 66.0 Å². The zero-order valence-electron chi connectivity index (χ0n) is 11.2. The van der Waals surface area contributed by atoms with E-state index in [0.717, 1.165) is 18.3 Å². The van der Waals surface area contributed by atoms with Gasteiger partial charge in [-0.3, -0.25) is 4.79 Å². The minimum absolute atomic E-state index is 0.0337. The van der Waals surface area contributed by atoms with E-state index in [4.69, 9.17) is 14.2 Å². The van der Waals surface area contributed by atoms with E-state index in [1.54, 1.807) is 6.26 Å². The number of carbonyl (C=O) groups excluding carboxylic acids is 1. The SMILES string of the molecule is CNCCOCCOCCOCCNC(=O)SC. The minimum atomic E-state index is -0.0337. The van der Waals surface area contributed by atoms with Crippen LogP contribution in [0.2, 0.25) is 0 Å². The molecule has 6 nitrogen and oxygen atoms in total. The number of ether oxygens (including phenoxy) is 3. The summed E-state index contributed by atoms with van der Waals surface area (Å²) >= 11 is 1.16. The average Bonchev–Trinajstić information content (AvgIpc) is 2.39. The Morgan fingerprint density at radius 1 is 0.944 bits per heavy atom. The molecule has 0 atom stereocenters. The topological polar surface area (TPSA) is 68.8 Å². The van der Waals surface area contributed by atoms with Crippen LogP contribution in [-0.4, -0.2) is 71.3 Å². The van der Waals surface area contributed by atoms with Gasteiger partial charge in [-0.05, 0) is 13.3 Å². The van der Waals surface area contributed by atoms with Gasteiger partial charge in [0.05, 0.1) is 39.6 Å². The Bertz CT molecular complexity index is 196. The summed E-state index contributed by atoms with van der Waals surface area (Å²) in [6.45, 7) is 4.86. The van der Waals surface area contributed by atoms with E-state index < -0.39 is 0 Å². The predicted octanol–water partition coefficient (Wildman–Crippen LogP) is 0.328. The number of likely N-dealkylation sites (N-methyl/N-ethyl adjacent to an activating group) is 1. The van der Waals surface area contributed by atoms with Crippen LogP contribution in [0.15, 0.2) is 0 Å². The van der Waals surface area contributed by atoms with E-state index in [9.17, 15) is 4.79 Å². The van der Waals surface area contributed by atoms with Crippen LogP contribution in [0.25, 0.3) is 0 Å². The molecular weight excluding hydrogens is 256 g/mol. The van der Waals surface area contributed by atoms with Gasteiger partial charge in [0.1, 0.15) is 0 Å². The van der Waals surface area contributed by atoms with Crippen molar-refractivity contribution < 1.29 is 19.0 Å². The van der Waals surface area contributed by atoms with Gasteiger partial charge >= 0.3 is 0 Å². The summed E-state index contributed by atoms with van der Waals surface area (Å²) in [4.78, 5) is 10.8. The molecule has 0 radical (unpaired) electrons. The first-order valence-electron chi connectivity index (χ1n) is 6.01. The lowest BCUT2D eigenvalue weighted by molar-refractivity contribution is 0.0162. The Hall–Kier alpha value is -0.340. The molecule has 0 saturated heterocycles. The van der Waals surface area contributed by atoms with E-state index in [0.29, 0.717) is 46.2 Å². The summed E-state index contributed by atoms with van der Waals surface area (Å²) in [5.74, 6) is 0. The molecule has 0 aliphatic carbocycles. The van der Waals surface area contributed by atoms with Crippen LogP contribution in [0.5, 0.6) is 0 Å². The molecule has 1 amide bonds. The highest BCUT2D eigenvalue weighted by molar-refractivity contribution is 8.12. The molecule has 0 aromatic heterocycles. The maximum absolute atomic E-state index is 10.8. The molecule has 0 aromatic rings. The Morgan fingerprint density at radius 3 is 1.94 bits per heavy atom. The largest absolute Gasteiger partial charge is 0.378 e.